The first kappa shape index (κ1) is 14.1. The highest BCUT2D eigenvalue weighted by Gasteiger charge is 2.33. The van der Waals surface area contributed by atoms with Crippen LogP contribution < -0.4 is 0 Å². The largest absolute Gasteiger partial charge is 0.331 e. The second kappa shape index (κ2) is 6.74. The van der Waals surface area contributed by atoms with Crippen molar-refractivity contribution in [2.75, 3.05) is 32.7 Å². The molecule has 2 aliphatic rings. The Hall–Kier alpha value is -0.310. The first-order valence-electron chi connectivity index (χ1n) is 6.51. The van der Waals surface area contributed by atoms with E-state index in [1.165, 1.54) is 25.9 Å². The molecular weight excluding hydrogens is 264 g/mol. The Balaban J connectivity index is 1.74. The predicted octanol–water partition coefficient (Wildman–Crippen LogP) is 1.12. The molecule has 0 aromatic carbocycles. The van der Waals surface area contributed by atoms with E-state index < -0.39 is 0 Å². The maximum atomic E-state index is 11.9. The molecule has 2 rings (SSSR count). The minimum absolute atomic E-state index is 0.0444. The van der Waals surface area contributed by atoms with E-state index in [-0.39, 0.29) is 16.4 Å². The lowest BCUT2D eigenvalue weighted by Crippen LogP contribution is -2.29. The van der Waals surface area contributed by atoms with Crippen molar-refractivity contribution < 1.29 is 4.79 Å². The molecule has 1 atom stereocenters. The van der Waals surface area contributed by atoms with Gasteiger partial charge in [-0.1, -0.05) is 11.8 Å². The number of hydrogen-bond donors (Lipinski definition) is 2. The number of rotatable bonds is 3. The van der Waals surface area contributed by atoms with Crippen LogP contribution in [0.15, 0.2) is 0 Å². The Morgan fingerprint density at radius 1 is 1.17 bits per heavy atom. The highest BCUT2D eigenvalue weighted by atomic mass is 32.2. The van der Waals surface area contributed by atoms with Gasteiger partial charge >= 0.3 is 0 Å². The molecule has 100 valence electrons. The molecule has 0 N–H and O–H groups in total. The van der Waals surface area contributed by atoms with Gasteiger partial charge in [0.2, 0.25) is 5.91 Å². The zero-order chi connectivity index (χ0) is 13.0. The molecule has 0 aromatic rings. The Kier molecular flexibility index (Phi) is 5.28. The Bertz CT molecular complexity index is 356. The van der Waals surface area contributed by atoms with E-state index in [9.17, 15) is 4.79 Å². The number of amides is 1. The molecular formula is C13H20N2OS2. The minimum atomic E-state index is -0.153. The van der Waals surface area contributed by atoms with Crippen LogP contribution in [0.2, 0.25) is 0 Å². The number of thiol groups is 2. The standard InChI is InChI=1S/C13H20N2OS2/c16-12-11(13(17)18)5-10-15(12)9-4-3-8-14-6-1-2-7-14/h11,13,17-18H,1-2,5-10H2/t11-/m1/s1. The third-order valence-electron chi connectivity index (χ3n) is 3.60. The number of hydrogen-bond acceptors (Lipinski definition) is 4. The molecule has 0 spiro atoms. The third-order valence-corrected chi connectivity index (χ3v) is 4.31. The second-order valence-electron chi connectivity index (χ2n) is 4.91. The minimum Gasteiger partial charge on any atom is -0.331 e. The number of carbonyl (C=O) groups excluding carboxylic acids is 1. The summed E-state index contributed by atoms with van der Waals surface area (Å²) < 4.78 is -0.153. The van der Waals surface area contributed by atoms with E-state index in [2.05, 4.69) is 42.0 Å². The molecule has 18 heavy (non-hydrogen) atoms. The number of likely N-dealkylation sites (tertiary alicyclic amines) is 2. The lowest BCUT2D eigenvalue weighted by molar-refractivity contribution is -0.130. The molecule has 2 aliphatic heterocycles. The van der Waals surface area contributed by atoms with E-state index in [4.69, 9.17) is 0 Å². The zero-order valence-electron chi connectivity index (χ0n) is 10.5. The van der Waals surface area contributed by atoms with E-state index in [1.807, 2.05) is 4.90 Å². The molecule has 1 amide bonds. The summed E-state index contributed by atoms with van der Waals surface area (Å²) in [5.41, 5.74) is 0. The van der Waals surface area contributed by atoms with Crippen molar-refractivity contribution in [1.29, 1.82) is 0 Å². The van der Waals surface area contributed by atoms with Crippen LogP contribution in [0.3, 0.4) is 0 Å². The summed E-state index contributed by atoms with van der Waals surface area (Å²) in [7, 11) is 0. The van der Waals surface area contributed by atoms with E-state index in [1.54, 1.807) is 0 Å². The third kappa shape index (κ3) is 3.59. The Morgan fingerprint density at radius 3 is 2.44 bits per heavy atom. The average molecular weight is 284 g/mol. The van der Waals surface area contributed by atoms with Crippen LogP contribution in [0, 0.1) is 17.8 Å². The van der Waals surface area contributed by atoms with E-state index >= 15 is 0 Å². The molecule has 2 heterocycles. The van der Waals surface area contributed by atoms with Crippen LogP contribution in [0.4, 0.5) is 0 Å². The van der Waals surface area contributed by atoms with Gasteiger partial charge in [-0.3, -0.25) is 9.69 Å². The van der Waals surface area contributed by atoms with Crippen LogP contribution in [-0.2, 0) is 4.79 Å². The molecule has 0 saturated carbocycles. The summed E-state index contributed by atoms with van der Waals surface area (Å²) >= 11 is 8.47. The molecule has 5 heteroatoms. The Labute approximate surface area is 120 Å². The second-order valence-corrected chi connectivity index (χ2v) is 6.43. The normalized spacial score (nSPS) is 24.7. The van der Waals surface area contributed by atoms with Gasteiger partial charge in [0.25, 0.3) is 0 Å². The van der Waals surface area contributed by atoms with Gasteiger partial charge in [-0.05, 0) is 32.4 Å². The molecule has 0 aromatic heterocycles. The van der Waals surface area contributed by atoms with Crippen molar-refractivity contribution in [3.05, 3.63) is 0 Å². The zero-order valence-corrected chi connectivity index (χ0v) is 12.3. The summed E-state index contributed by atoms with van der Waals surface area (Å²) in [4.78, 5) is 16.1. The summed E-state index contributed by atoms with van der Waals surface area (Å²) in [6, 6.07) is 0. The van der Waals surface area contributed by atoms with Crippen molar-refractivity contribution in [1.82, 2.24) is 9.80 Å². The summed E-state index contributed by atoms with van der Waals surface area (Å²) in [5.74, 6) is 6.38. The summed E-state index contributed by atoms with van der Waals surface area (Å²) in [6.07, 6.45) is 3.43. The fourth-order valence-corrected chi connectivity index (χ4v) is 3.01. The maximum absolute atomic E-state index is 11.9. The van der Waals surface area contributed by atoms with Gasteiger partial charge in [0.1, 0.15) is 0 Å². The first-order valence-corrected chi connectivity index (χ1v) is 7.55. The van der Waals surface area contributed by atoms with Crippen molar-refractivity contribution in [3.8, 4) is 11.8 Å². The first-order chi connectivity index (χ1) is 8.68. The summed E-state index contributed by atoms with van der Waals surface area (Å²) in [6.45, 7) is 4.52. The highest BCUT2D eigenvalue weighted by Crippen LogP contribution is 2.26. The van der Waals surface area contributed by atoms with Gasteiger partial charge < -0.3 is 4.90 Å². The van der Waals surface area contributed by atoms with E-state index in [0.29, 0.717) is 6.54 Å². The van der Waals surface area contributed by atoms with Crippen LogP contribution in [0.1, 0.15) is 19.3 Å². The lowest BCUT2D eigenvalue weighted by atomic mass is 10.1. The maximum Gasteiger partial charge on any atom is 0.228 e. The van der Waals surface area contributed by atoms with Crippen molar-refractivity contribution in [3.63, 3.8) is 0 Å². The lowest BCUT2D eigenvalue weighted by Gasteiger charge is -2.14. The smallest absolute Gasteiger partial charge is 0.228 e. The summed E-state index contributed by atoms with van der Waals surface area (Å²) in [5, 5.41) is 0. The van der Waals surface area contributed by atoms with Crippen LogP contribution in [-0.4, -0.2) is 53.0 Å². The van der Waals surface area contributed by atoms with Crippen LogP contribution >= 0.6 is 25.3 Å². The molecule has 0 unspecified atom stereocenters. The molecule has 2 fully saturated rings. The Morgan fingerprint density at radius 2 is 1.83 bits per heavy atom. The molecule has 0 aliphatic carbocycles. The topological polar surface area (TPSA) is 23.6 Å². The fraction of sp³-hybridized carbons (Fsp3) is 0.769. The van der Waals surface area contributed by atoms with Crippen molar-refractivity contribution >= 4 is 31.2 Å². The SMILES string of the molecule is O=C1[C@H](C(S)S)CCN1CC#CCN1CCCC1. The van der Waals surface area contributed by atoms with Gasteiger partial charge in [-0.2, -0.15) is 25.3 Å². The van der Waals surface area contributed by atoms with Gasteiger partial charge in [0, 0.05) is 6.54 Å². The molecule has 2 saturated heterocycles. The number of nitrogens with zero attached hydrogens (tertiary/aromatic N) is 2. The fourth-order valence-electron chi connectivity index (χ4n) is 2.46. The van der Waals surface area contributed by atoms with Gasteiger partial charge in [-0.15, -0.1) is 0 Å². The molecule has 3 nitrogen and oxygen atoms in total. The van der Waals surface area contributed by atoms with Gasteiger partial charge in [0.05, 0.1) is 23.6 Å². The van der Waals surface area contributed by atoms with Crippen molar-refractivity contribution in [2.45, 2.75) is 23.8 Å². The molecule has 0 radical (unpaired) electrons. The van der Waals surface area contributed by atoms with Gasteiger partial charge in [0.15, 0.2) is 0 Å². The monoisotopic (exact) mass is 284 g/mol. The predicted molar refractivity (Wildman–Crippen MR) is 79.9 cm³/mol. The quantitative estimate of drug-likeness (QED) is 0.461. The highest BCUT2D eigenvalue weighted by molar-refractivity contribution is 7.99. The van der Waals surface area contributed by atoms with Crippen LogP contribution in [0.5, 0.6) is 0 Å². The van der Waals surface area contributed by atoms with Crippen LogP contribution in [0.25, 0.3) is 0 Å². The number of carbonyl (C=O) groups is 1. The van der Waals surface area contributed by atoms with E-state index in [0.717, 1.165) is 19.5 Å². The average Bonchev–Trinajstić information content (AvgIpc) is 2.95. The van der Waals surface area contributed by atoms with Gasteiger partial charge in [-0.25, -0.2) is 0 Å². The van der Waals surface area contributed by atoms with Crippen molar-refractivity contribution in [2.24, 2.45) is 5.92 Å². The molecule has 0 bridgehead atoms.